The SMILES string of the molecule is CCCCCCCCn1c(=O)c2cc3c(=O)n(-c4cc(C)c(N5C(=O)c6cccc7c(N8CCN(c9ccc(OC)cc9)CC8)ccc(c67)C5=O)cc4C)c(=O)c3cc2c1=O. The van der Waals surface area contributed by atoms with Crippen LogP contribution in [0.4, 0.5) is 17.1 Å². The number of ether oxygens (including phenoxy) is 1. The zero-order valence-electron chi connectivity index (χ0n) is 34.9. The zero-order valence-corrected chi connectivity index (χ0v) is 34.9. The number of amides is 2. The Morgan fingerprint density at radius 1 is 0.541 bits per heavy atom. The molecule has 9 rings (SSSR count). The van der Waals surface area contributed by atoms with Gasteiger partial charge in [0.25, 0.3) is 34.1 Å². The van der Waals surface area contributed by atoms with Crippen molar-refractivity contribution in [2.45, 2.75) is 65.8 Å². The quantitative estimate of drug-likeness (QED) is 0.0931. The number of imide groups is 1. The molecule has 0 unspecified atom stereocenters. The molecule has 0 N–H and O–H groups in total. The number of nitrogens with zero attached hydrogens (tertiary/aromatic N) is 5. The number of fused-ring (bicyclic) bond motifs is 2. The molecule has 2 aliphatic rings. The van der Waals surface area contributed by atoms with Crippen LogP contribution < -0.4 is 41.7 Å². The Morgan fingerprint density at radius 2 is 1.10 bits per heavy atom. The standard InChI is InChI=1S/C49H47N5O7/c1-5-6-7-8-9-10-20-52-44(55)36-27-38-39(28-37(36)45(52)56)49(60)54(48(38)59)42-26-29(2)41(25-30(42)3)53-46(57)34-13-11-12-33-40(19-18-35(43(33)34)47(53)58)51-23-21-50(22-24-51)31-14-16-32(61-4)17-15-31/h11-19,25-28H,5-10,20-24H2,1-4H3. The molecular weight excluding hydrogens is 771 g/mol. The van der Waals surface area contributed by atoms with Gasteiger partial charge in [0.2, 0.25) is 0 Å². The van der Waals surface area contributed by atoms with Gasteiger partial charge in [-0.3, -0.25) is 33.3 Å². The van der Waals surface area contributed by atoms with Crippen LogP contribution in [0.25, 0.3) is 38.0 Å². The summed E-state index contributed by atoms with van der Waals surface area (Å²) < 4.78 is 7.58. The molecule has 1 saturated heterocycles. The summed E-state index contributed by atoms with van der Waals surface area (Å²) in [5.41, 5.74) is 2.37. The van der Waals surface area contributed by atoms with E-state index in [1.165, 1.54) is 21.6 Å². The molecule has 2 aromatic heterocycles. The molecule has 0 spiro atoms. The van der Waals surface area contributed by atoms with Gasteiger partial charge in [0.1, 0.15) is 5.75 Å². The number of aromatic nitrogens is 2. The Balaban J connectivity index is 1.00. The number of carbonyl (C=O) groups excluding carboxylic acids is 2. The monoisotopic (exact) mass is 817 g/mol. The van der Waals surface area contributed by atoms with Gasteiger partial charge in [-0.25, -0.2) is 9.47 Å². The molecule has 0 atom stereocenters. The van der Waals surface area contributed by atoms with Gasteiger partial charge in [-0.1, -0.05) is 51.2 Å². The Morgan fingerprint density at radius 3 is 1.74 bits per heavy atom. The summed E-state index contributed by atoms with van der Waals surface area (Å²) in [4.78, 5) is 89.3. The summed E-state index contributed by atoms with van der Waals surface area (Å²) in [6.45, 7) is 8.99. The fraction of sp³-hybridized carbons (Fsp3) is 0.306. The summed E-state index contributed by atoms with van der Waals surface area (Å²) in [5.74, 6) is -0.115. The normalized spacial score (nSPS) is 14.3. The van der Waals surface area contributed by atoms with Gasteiger partial charge < -0.3 is 14.5 Å². The van der Waals surface area contributed by atoms with Crippen molar-refractivity contribution in [1.82, 2.24) is 9.13 Å². The van der Waals surface area contributed by atoms with Gasteiger partial charge in [0, 0.05) is 66.0 Å². The first-order chi connectivity index (χ1) is 29.5. The summed E-state index contributed by atoms with van der Waals surface area (Å²) in [7, 11) is 1.65. The number of rotatable bonds is 12. The number of benzene rings is 5. The second-order valence-corrected chi connectivity index (χ2v) is 16.3. The molecule has 7 aromatic rings. The fourth-order valence-corrected chi connectivity index (χ4v) is 9.34. The van der Waals surface area contributed by atoms with Crippen LogP contribution in [0.2, 0.25) is 0 Å². The van der Waals surface area contributed by atoms with Crippen molar-refractivity contribution in [2.75, 3.05) is 48.0 Å². The van der Waals surface area contributed by atoms with Gasteiger partial charge in [0.05, 0.1) is 40.0 Å². The van der Waals surface area contributed by atoms with Crippen LogP contribution in [0.3, 0.4) is 0 Å². The molecular formula is C49H47N5O7. The number of methoxy groups -OCH3 is 1. The highest BCUT2D eigenvalue weighted by molar-refractivity contribution is 6.36. The molecule has 0 radical (unpaired) electrons. The lowest BCUT2D eigenvalue weighted by molar-refractivity contribution is 0.0893. The van der Waals surface area contributed by atoms with Crippen LogP contribution in [0.15, 0.2) is 98.0 Å². The maximum Gasteiger partial charge on any atom is 0.266 e. The van der Waals surface area contributed by atoms with Gasteiger partial charge in [-0.05, 0) is 98.1 Å². The molecule has 310 valence electrons. The maximum absolute atomic E-state index is 14.4. The Hall–Kier alpha value is -6.82. The summed E-state index contributed by atoms with van der Waals surface area (Å²) in [6.07, 6.45) is 6.03. The van der Waals surface area contributed by atoms with E-state index in [0.29, 0.717) is 39.7 Å². The lowest BCUT2D eigenvalue weighted by Gasteiger charge is -2.38. The predicted octanol–water partition coefficient (Wildman–Crippen LogP) is 7.17. The summed E-state index contributed by atoms with van der Waals surface area (Å²) in [6, 6.07) is 23.4. The van der Waals surface area contributed by atoms with Crippen molar-refractivity contribution < 1.29 is 14.3 Å². The van der Waals surface area contributed by atoms with Crippen LogP contribution in [0, 0.1) is 13.8 Å². The highest BCUT2D eigenvalue weighted by Gasteiger charge is 2.36. The van der Waals surface area contributed by atoms with Crippen molar-refractivity contribution in [2.24, 2.45) is 0 Å². The van der Waals surface area contributed by atoms with Gasteiger partial charge in [0.15, 0.2) is 0 Å². The highest BCUT2D eigenvalue weighted by Crippen LogP contribution is 2.39. The Kier molecular flexibility index (Phi) is 10.2. The molecule has 2 aliphatic heterocycles. The average Bonchev–Trinajstić information content (AvgIpc) is 3.66. The summed E-state index contributed by atoms with van der Waals surface area (Å²) >= 11 is 0. The first-order valence-corrected chi connectivity index (χ1v) is 21.1. The molecule has 5 aromatic carbocycles. The van der Waals surface area contributed by atoms with Crippen molar-refractivity contribution in [3.05, 3.63) is 143 Å². The largest absolute Gasteiger partial charge is 0.497 e. The third-order valence-electron chi connectivity index (χ3n) is 12.6. The molecule has 2 amide bonds. The first-order valence-electron chi connectivity index (χ1n) is 21.1. The Bertz CT molecular complexity index is 3030. The molecule has 0 aliphatic carbocycles. The Labute approximate surface area is 351 Å². The molecule has 0 saturated carbocycles. The number of unbranched alkanes of at least 4 members (excludes halogenated alkanes) is 5. The van der Waals surface area contributed by atoms with E-state index in [0.717, 1.165) is 85.4 Å². The van der Waals surface area contributed by atoms with Crippen LogP contribution in [0.1, 0.15) is 77.3 Å². The van der Waals surface area contributed by atoms with Crippen molar-refractivity contribution in [3.8, 4) is 11.4 Å². The fourth-order valence-electron chi connectivity index (χ4n) is 9.34. The third kappa shape index (κ3) is 6.52. The van der Waals surface area contributed by atoms with E-state index in [1.807, 2.05) is 30.3 Å². The second-order valence-electron chi connectivity index (χ2n) is 16.3. The van der Waals surface area contributed by atoms with Crippen LogP contribution in [0.5, 0.6) is 5.75 Å². The molecule has 1 fully saturated rings. The van der Waals surface area contributed by atoms with Crippen molar-refractivity contribution in [3.63, 3.8) is 0 Å². The minimum absolute atomic E-state index is 0.0528. The van der Waals surface area contributed by atoms with Gasteiger partial charge >= 0.3 is 0 Å². The van der Waals surface area contributed by atoms with E-state index in [9.17, 15) is 28.8 Å². The second kappa shape index (κ2) is 15.7. The van der Waals surface area contributed by atoms with E-state index in [2.05, 4.69) is 28.9 Å². The minimum atomic E-state index is -0.614. The van der Waals surface area contributed by atoms with E-state index in [-0.39, 0.29) is 33.8 Å². The number of hydrogen-bond donors (Lipinski definition) is 0. The number of anilines is 3. The third-order valence-corrected chi connectivity index (χ3v) is 12.6. The topological polar surface area (TPSA) is 131 Å². The number of hydrogen-bond acceptors (Lipinski definition) is 9. The lowest BCUT2D eigenvalue weighted by atomic mass is 9.91. The van der Waals surface area contributed by atoms with Crippen LogP contribution in [-0.2, 0) is 6.54 Å². The molecule has 4 heterocycles. The van der Waals surface area contributed by atoms with Crippen molar-refractivity contribution >= 4 is 61.2 Å². The number of aryl methyl sites for hydroxylation is 2. The molecule has 61 heavy (non-hydrogen) atoms. The van der Waals surface area contributed by atoms with Crippen molar-refractivity contribution in [1.29, 1.82) is 0 Å². The highest BCUT2D eigenvalue weighted by atomic mass is 16.5. The average molecular weight is 818 g/mol. The van der Waals surface area contributed by atoms with E-state index in [1.54, 1.807) is 45.2 Å². The minimum Gasteiger partial charge on any atom is -0.497 e. The van der Waals surface area contributed by atoms with Crippen LogP contribution >= 0.6 is 0 Å². The zero-order chi connectivity index (χ0) is 42.7. The lowest BCUT2D eigenvalue weighted by Crippen LogP contribution is -2.46. The van der Waals surface area contributed by atoms with Gasteiger partial charge in [-0.2, -0.15) is 0 Å². The molecule has 0 bridgehead atoms. The number of carbonyl (C=O) groups is 2. The molecule has 12 heteroatoms. The van der Waals surface area contributed by atoms with Gasteiger partial charge in [-0.15, -0.1) is 0 Å². The number of piperazine rings is 1. The van der Waals surface area contributed by atoms with E-state index >= 15 is 0 Å². The predicted molar refractivity (Wildman–Crippen MR) is 242 cm³/mol. The molecule has 12 nitrogen and oxygen atoms in total. The first kappa shape index (κ1) is 39.6. The summed E-state index contributed by atoms with van der Waals surface area (Å²) in [5, 5.41) is 1.81. The van der Waals surface area contributed by atoms with E-state index < -0.39 is 34.1 Å². The maximum atomic E-state index is 14.4. The van der Waals surface area contributed by atoms with Crippen LogP contribution in [-0.4, -0.2) is 54.2 Å². The smallest absolute Gasteiger partial charge is 0.266 e. The van der Waals surface area contributed by atoms with E-state index in [4.69, 9.17) is 4.74 Å².